The lowest BCUT2D eigenvalue weighted by Gasteiger charge is -2.17. The van der Waals surface area contributed by atoms with Crippen LogP contribution in [-0.2, 0) is 0 Å². The number of benzene rings is 2. The van der Waals surface area contributed by atoms with Crippen LogP contribution in [0.1, 0.15) is 31.8 Å². The van der Waals surface area contributed by atoms with Crippen molar-refractivity contribution in [3.05, 3.63) is 82.0 Å². The Kier molecular flexibility index (Phi) is 6.79. The molecule has 3 aromatic rings. The number of carbonyl (C=O) groups is 2. The molecule has 4 rings (SSSR count). The Balaban J connectivity index is 1.59. The number of aliphatic imine (C=N–C) groups is 1. The summed E-state index contributed by atoms with van der Waals surface area (Å²) in [4.78, 5) is 36.8. The molecule has 2 amide bonds. The molecule has 2 heterocycles. The number of hydrogen-bond donors (Lipinski definition) is 2. The number of likely N-dealkylation sites (N-methyl/N-ethyl adjacent to an activating group) is 1. The Morgan fingerprint density at radius 1 is 1.06 bits per heavy atom. The molecule has 0 atom stereocenters. The second kappa shape index (κ2) is 9.93. The molecule has 0 bridgehead atoms. The smallest absolute Gasteiger partial charge is 0.259 e. The largest absolute Gasteiger partial charge is 0.495 e. The zero-order valence-electron chi connectivity index (χ0n) is 19.1. The number of methoxy groups -OCH3 is 1. The third-order valence-corrected chi connectivity index (χ3v) is 5.61. The van der Waals surface area contributed by atoms with E-state index < -0.39 is 5.91 Å². The molecule has 1 aliphatic heterocycles. The summed E-state index contributed by atoms with van der Waals surface area (Å²) in [5.41, 5.74) is 2.71. The van der Waals surface area contributed by atoms with Crippen molar-refractivity contribution in [2.75, 3.05) is 37.9 Å². The second-order valence-electron chi connectivity index (χ2n) is 7.86. The Bertz CT molecular complexity index is 1260. The SMILES string of the molecule is COc1cc(C)cc(C(=O)Nc2ccc(Cl)cn2)c1NC(=O)c1ccc(C2=NCCN2C)cc1. The molecule has 0 aliphatic carbocycles. The van der Waals surface area contributed by atoms with Gasteiger partial charge in [0.2, 0.25) is 0 Å². The van der Waals surface area contributed by atoms with E-state index in [0.717, 1.165) is 30.1 Å². The number of ether oxygens (including phenoxy) is 1. The number of aryl methyl sites for hydroxylation is 1. The third kappa shape index (κ3) is 5.02. The van der Waals surface area contributed by atoms with Gasteiger partial charge in [-0.3, -0.25) is 14.6 Å². The molecular formula is C25H24ClN5O3. The van der Waals surface area contributed by atoms with Gasteiger partial charge in [0.05, 0.1) is 29.9 Å². The highest BCUT2D eigenvalue weighted by atomic mass is 35.5. The predicted molar refractivity (Wildman–Crippen MR) is 133 cm³/mol. The molecular weight excluding hydrogens is 454 g/mol. The van der Waals surface area contributed by atoms with Crippen molar-refractivity contribution in [1.29, 1.82) is 0 Å². The Morgan fingerprint density at radius 3 is 2.44 bits per heavy atom. The highest BCUT2D eigenvalue weighted by Crippen LogP contribution is 2.31. The van der Waals surface area contributed by atoms with Gasteiger partial charge in [-0.15, -0.1) is 0 Å². The minimum atomic E-state index is -0.440. The lowest BCUT2D eigenvalue weighted by molar-refractivity contribution is 0.102. The summed E-state index contributed by atoms with van der Waals surface area (Å²) in [6.07, 6.45) is 1.44. The van der Waals surface area contributed by atoms with E-state index in [4.69, 9.17) is 16.3 Å². The number of nitrogens with zero attached hydrogens (tertiary/aromatic N) is 3. The van der Waals surface area contributed by atoms with Crippen molar-refractivity contribution in [2.45, 2.75) is 6.92 Å². The molecule has 9 heteroatoms. The van der Waals surface area contributed by atoms with Gasteiger partial charge in [-0.2, -0.15) is 0 Å². The number of amides is 2. The standard InChI is InChI=1S/C25H24ClN5O3/c1-15-12-19(25(33)29-21-9-8-18(26)14-28-21)22(20(13-15)34-3)30-24(32)17-6-4-16(5-7-17)23-27-10-11-31(23)2/h4-9,12-14H,10-11H2,1-3H3,(H,30,32)(H,28,29,33). The van der Waals surface area contributed by atoms with E-state index in [9.17, 15) is 9.59 Å². The quantitative estimate of drug-likeness (QED) is 0.553. The lowest BCUT2D eigenvalue weighted by Crippen LogP contribution is -2.23. The van der Waals surface area contributed by atoms with E-state index in [2.05, 4.69) is 25.5 Å². The highest BCUT2D eigenvalue weighted by Gasteiger charge is 2.21. The number of aromatic nitrogens is 1. The van der Waals surface area contributed by atoms with Crippen molar-refractivity contribution in [3.8, 4) is 5.75 Å². The number of hydrogen-bond acceptors (Lipinski definition) is 6. The van der Waals surface area contributed by atoms with Gasteiger partial charge < -0.3 is 20.3 Å². The van der Waals surface area contributed by atoms with Crippen LogP contribution < -0.4 is 15.4 Å². The minimum Gasteiger partial charge on any atom is -0.495 e. The molecule has 0 saturated carbocycles. The molecule has 0 spiro atoms. The van der Waals surface area contributed by atoms with Crippen LogP contribution in [0.5, 0.6) is 5.75 Å². The van der Waals surface area contributed by atoms with E-state index in [1.54, 1.807) is 36.4 Å². The van der Waals surface area contributed by atoms with Crippen LogP contribution in [0, 0.1) is 6.92 Å². The fraction of sp³-hybridized carbons (Fsp3) is 0.200. The molecule has 0 unspecified atom stereocenters. The van der Waals surface area contributed by atoms with Crippen molar-refractivity contribution in [2.24, 2.45) is 4.99 Å². The fourth-order valence-corrected chi connectivity index (χ4v) is 3.77. The summed E-state index contributed by atoms with van der Waals surface area (Å²) in [7, 11) is 3.47. The zero-order valence-corrected chi connectivity index (χ0v) is 19.8. The number of rotatable bonds is 6. The number of carbonyl (C=O) groups excluding carboxylic acids is 2. The van der Waals surface area contributed by atoms with Crippen LogP contribution in [0.4, 0.5) is 11.5 Å². The molecule has 2 N–H and O–H groups in total. The fourth-order valence-electron chi connectivity index (χ4n) is 3.66. The van der Waals surface area contributed by atoms with Crippen LogP contribution >= 0.6 is 11.6 Å². The summed E-state index contributed by atoms with van der Waals surface area (Å²) in [5, 5.41) is 6.03. The van der Waals surface area contributed by atoms with Gasteiger partial charge in [-0.25, -0.2) is 4.98 Å². The first kappa shape index (κ1) is 23.3. The molecule has 174 valence electrons. The summed E-state index contributed by atoms with van der Waals surface area (Å²) >= 11 is 5.87. The first-order chi connectivity index (χ1) is 16.4. The van der Waals surface area contributed by atoms with Crippen LogP contribution in [0.2, 0.25) is 5.02 Å². The number of pyridine rings is 1. The molecule has 8 nitrogen and oxygen atoms in total. The van der Waals surface area contributed by atoms with E-state index in [0.29, 0.717) is 22.2 Å². The molecule has 2 aromatic carbocycles. The van der Waals surface area contributed by atoms with Crippen LogP contribution in [0.25, 0.3) is 0 Å². The van der Waals surface area contributed by atoms with E-state index >= 15 is 0 Å². The van der Waals surface area contributed by atoms with Gasteiger partial charge in [0.25, 0.3) is 11.8 Å². The number of halogens is 1. The maximum Gasteiger partial charge on any atom is 0.259 e. The summed E-state index contributed by atoms with van der Waals surface area (Å²) in [6, 6.07) is 13.9. The third-order valence-electron chi connectivity index (χ3n) is 5.38. The Morgan fingerprint density at radius 2 is 1.82 bits per heavy atom. The second-order valence-corrected chi connectivity index (χ2v) is 8.30. The van der Waals surface area contributed by atoms with E-state index in [1.807, 2.05) is 26.1 Å². The Labute approximate surface area is 202 Å². The number of anilines is 2. The van der Waals surface area contributed by atoms with Crippen LogP contribution in [-0.4, -0.2) is 54.8 Å². The normalized spacial score (nSPS) is 12.8. The number of amidine groups is 1. The van der Waals surface area contributed by atoms with Crippen molar-refractivity contribution < 1.29 is 14.3 Å². The molecule has 0 radical (unpaired) electrons. The first-order valence-electron chi connectivity index (χ1n) is 10.6. The molecule has 1 aliphatic rings. The first-order valence-corrected chi connectivity index (χ1v) is 11.0. The van der Waals surface area contributed by atoms with Crippen LogP contribution in [0.15, 0.2) is 59.7 Å². The van der Waals surface area contributed by atoms with Crippen molar-refractivity contribution >= 4 is 40.8 Å². The number of nitrogens with one attached hydrogen (secondary N) is 2. The van der Waals surface area contributed by atoms with Gasteiger partial charge in [0.1, 0.15) is 17.4 Å². The van der Waals surface area contributed by atoms with Crippen molar-refractivity contribution in [3.63, 3.8) is 0 Å². The molecule has 0 saturated heterocycles. The average molecular weight is 478 g/mol. The summed E-state index contributed by atoms with van der Waals surface area (Å²) < 4.78 is 5.47. The van der Waals surface area contributed by atoms with Gasteiger partial charge in [0, 0.05) is 30.9 Å². The molecule has 1 aromatic heterocycles. The lowest BCUT2D eigenvalue weighted by atomic mass is 10.1. The van der Waals surface area contributed by atoms with E-state index in [1.165, 1.54) is 13.3 Å². The maximum absolute atomic E-state index is 13.1. The zero-order chi connectivity index (χ0) is 24.2. The molecule has 34 heavy (non-hydrogen) atoms. The maximum atomic E-state index is 13.1. The highest BCUT2D eigenvalue weighted by molar-refractivity contribution is 6.30. The van der Waals surface area contributed by atoms with Gasteiger partial charge in [0.15, 0.2) is 0 Å². The van der Waals surface area contributed by atoms with Crippen molar-refractivity contribution in [1.82, 2.24) is 9.88 Å². The summed E-state index contributed by atoms with van der Waals surface area (Å²) in [5.74, 6) is 0.810. The van der Waals surface area contributed by atoms with Gasteiger partial charge in [-0.1, -0.05) is 23.7 Å². The van der Waals surface area contributed by atoms with E-state index in [-0.39, 0.29) is 17.2 Å². The Hall–Kier alpha value is -3.91. The van der Waals surface area contributed by atoms with Gasteiger partial charge >= 0.3 is 0 Å². The van der Waals surface area contributed by atoms with Crippen LogP contribution in [0.3, 0.4) is 0 Å². The minimum absolute atomic E-state index is 0.250. The topological polar surface area (TPSA) is 95.9 Å². The monoisotopic (exact) mass is 477 g/mol. The summed E-state index contributed by atoms with van der Waals surface area (Å²) in [6.45, 7) is 3.48. The predicted octanol–water partition coefficient (Wildman–Crippen LogP) is 4.25. The average Bonchev–Trinajstić information content (AvgIpc) is 3.27. The molecule has 0 fully saturated rings. The van der Waals surface area contributed by atoms with Gasteiger partial charge in [-0.05, 0) is 48.9 Å².